The number of nitrogens with one attached hydrogen (secondary N) is 2. The molecule has 2 heterocycles. The quantitative estimate of drug-likeness (QED) is 0.849. The number of aryl methyl sites for hydroxylation is 1. The first kappa shape index (κ1) is 15.5. The molecule has 0 radical (unpaired) electrons. The smallest absolute Gasteiger partial charge is 0.0489 e. The van der Waals surface area contributed by atoms with E-state index >= 15 is 0 Å². The van der Waals surface area contributed by atoms with Crippen LogP contribution in [0.1, 0.15) is 12.7 Å². The van der Waals surface area contributed by atoms with Gasteiger partial charge in [-0.15, -0.1) is 0 Å². The van der Waals surface area contributed by atoms with Gasteiger partial charge in [0.1, 0.15) is 0 Å². The van der Waals surface area contributed by atoms with Gasteiger partial charge in [0, 0.05) is 62.5 Å². The number of rotatable bonds is 4. The zero-order valence-electron chi connectivity index (χ0n) is 13.5. The molecule has 0 spiro atoms. The zero-order chi connectivity index (χ0) is 15.5. The van der Waals surface area contributed by atoms with Crippen LogP contribution < -0.4 is 5.32 Å². The highest BCUT2D eigenvalue weighted by Crippen LogP contribution is 2.23. The topological polar surface area (TPSA) is 34.3 Å². The Labute approximate surface area is 138 Å². The number of piperazine rings is 1. The molecule has 1 aliphatic heterocycles. The van der Waals surface area contributed by atoms with E-state index in [2.05, 4.69) is 63.2 Å². The van der Waals surface area contributed by atoms with Crippen molar-refractivity contribution < 1.29 is 1.43 Å². The van der Waals surface area contributed by atoms with Gasteiger partial charge in [-0.25, -0.2) is 4.31 Å². The molecule has 1 aromatic carbocycles. The molecule has 120 valence electrons. The number of fused-ring (bicyclic) bond motifs is 1. The Morgan fingerprint density at radius 3 is 2.77 bits per heavy atom. The monoisotopic (exact) mass is 318 g/mol. The van der Waals surface area contributed by atoms with Gasteiger partial charge in [0.2, 0.25) is 0 Å². The van der Waals surface area contributed by atoms with E-state index in [0.717, 1.165) is 31.9 Å². The summed E-state index contributed by atoms with van der Waals surface area (Å²) in [5.41, 5.74) is 4.78. The molecule has 1 aromatic heterocycles. The Morgan fingerprint density at radius 2 is 2.05 bits per heavy atom. The molecule has 5 heteroatoms. The fourth-order valence-corrected chi connectivity index (χ4v) is 3.61. The van der Waals surface area contributed by atoms with Crippen LogP contribution in [0.4, 0.5) is 0 Å². The van der Waals surface area contributed by atoms with Crippen molar-refractivity contribution in [3.8, 4) is 0 Å². The van der Waals surface area contributed by atoms with Gasteiger partial charge in [-0.3, -0.25) is 0 Å². The lowest BCUT2D eigenvalue weighted by Gasteiger charge is -2.30. The SMILES string of the molecule is CN/C(=C\SN1CCN(C)CC1)c1ccc2cc(C)[nH]c2c1.[HH]. The molecule has 0 aliphatic carbocycles. The molecule has 0 amide bonds. The zero-order valence-corrected chi connectivity index (χ0v) is 14.3. The van der Waals surface area contributed by atoms with E-state index < -0.39 is 0 Å². The number of hydrogen-bond acceptors (Lipinski definition) is 4. The van der Waals surface area contributed by atoms with Crippen LogP contribution in [0, 0.1) is 6.92 Å². The number of H-pyrrole nitrogens is 1. The molecule has 2 aromatic rings. The van der Waals surface area contributed by atoms with Gasteiger partial charge < -0.3 is 15.2 Å². The van der Waals surface area contributed by atoms with E-state index in [1.165, 1.54) is 22.2 Å². The fraction of sp³-hybridized carbons (Fsp3) is 0.412. The molecule has 3 rings (SSSR count). The normalized spacial score (nSPS) is 18.0. The summed E-state index contributed by atoms with van der Waals surface area (Å²) < 4.78 is 2.43. The standard InChI is InChI=1S/C17H24N4S.H2/c1-13-10-14-4-5-15(11-16(14)19-13)17(18-2)12-22-21-8-6-20(3)7-9-21;/h4-5,10-12,18-19H,6-9H2,1-3H3;1H/b17-12-;. The molecule has 0 atom stereocenters. The van der Waals surface area contributed by atoms with Crippen LogP contribution in [0.5, 0.6) is 0 Å². The maximum Gasteiger partial charge on any atom is 0.0489 e. The molecule has 1 aliphatic rings. The minimum atomic E-state index is 0. The average molecular weight is 318 g/mol. The van der Waals surface area contributed by atoms with Crippen molar-refractivity contribution >= 4 is 28.5 Å². The number of benzene rings is 1. The molecular weight excluding hydrogens is 292 g/mol. The highest BCUT2D eigenvalue weighted by atomic mass is 32.2. The van der Waals surface area contributed by atoms with E-state index in [4.69, 9.17) is 0 Å². The number of aromatic nitrogens is 1. The molecule has 0 unspecified atom stereocenters. The second-order valence-electron chi connectivity index (χ2n) is 5.87. The molecule has 1 saturated heterocycles. The summed E-state index contributed by atoms with van der Waals surface area (Å²) in [7, 11) is 4.17. The first-order valence-corrected chi connectivity index (χ1v) is 8.57. The average Bonchev–Trinajstić information content (AvgIpc) is 2.89. The summed E-state index contributed by atoms with van der Waals surface area (Å²) in [6, 6.07) is 8.76. The molecule has 1 fully saturated rings. The minimum absolute atomic E-state index is 0. The predicted molar refractivity (Wildman–Crippen MR) is 98.8 cm³/mol. The maximum atomic E-state index is 3.41. The highest BCUT2D eigenvalue weighted by molar-refractivity contribution is 8.00. The van der Waals surface area contributed by atoms with E-state index in [-0.39, 0.29) is 1.43 Å². The van der Waals surface area contributed by atoms with Crippen molar-refractivity contribution in [2.45, 2.75) is 6.92 Å². The van der Waals surface area contributed by atoms with Crippen molar-refractivity contribution in [2.24, 2.45) is 0 Å². The van der Waals surface area contributed by atoms with Gasteiger partial charge in [0.05, 0.1) is 0 Å². The van der Waals surface area contributed by atoms with Crippen molar-refractivity contribution in [1.82, 2.24) is 19.5 Å². The minimum Gasteiger partial charge on any atom is -0.387 e. The van der Waals surface area contributed by atoms with E-state index in [1.807, 2.05) is 19.0 Å². The fourth-order valence-electron chi connectivity index (χ4n) is 2.73. The Morgan fingerprint density at radius 1 is 1.27 bits per heavy atom. The van der Waals surface area contributed by atoms with Gasteiger partial charge in [-0.2, -0.15) is 0 Å². The van der Waals surface area contributed by atoms with Gasteiger partial charge in [0.15, 0.2) is 0 Å². The Kier molecular flexibility index (Phi) is 4.76. The van der Waals surface area contributed by atoms with E-state index in [0.29, 0.717) is 0 Å². The second-order valence-corrected chi connectivity index (χ2v) is 6.84. The first-order chi connectivity index (χ1) is 10.7. The van der Waals surface area contributed by atoms with Crippen LogP contribution >= 0.6 is 11.9 Å². The molecule has 4 nitrogen and oxygen atoms in total. The summed E-state index contributed by atoms with van der Waals surface area (Å²) in [6.45, 7) is 6.61. The summed E-state index contributed by atoms with van der Waals surface area (Å²) in [4.78, 5) is 5.79. The van der Waals surface area contributed by atoms with Gasteiger partial charge >= 0.3 is 0 Å². The number of nitrogens with zero attached hydrogens (tertiary/aromatic N) is 2. The maximum absolute atomic E-state index is 3.41. The summed E-state index contributed by atoms with van der Waals surface area (Å²) >= 11 is 1.81. The van der Waals surface area contributed by atoms with E-state index in [9.17, 15) is 0 Å². The third-order valence-electron chi connectivity index (χ3n) is 4.12. The first-order valence-electron chi connectivity index (χ1n) is 7.73. The van der Waals surface area contributed by atoms with Crippen LogP contribution in [-0.4, -0.2) is 54.5 Å². The third-order valence-corrected chi connectivity index (χ3v) is 5.12. The number of aromatic amines is 1. The van der Waals surface area contributed by atoms with Crippen molar-refractivity contribution in [3.05, 3.63) is 40.9 Å². The van der Waals surface area contributed by atoms with Crippen LogP contribution in [-0.2, 0) is 0 Å². The lowest BCUT2D eigenvalue weighted by Crippen LogP contribution is -2.40. The van der Waals surface area contributed by atoms with Crippen molar-refractivity contribution in [2.75, 3.05) is 40.3 Å². The van der Waals surface area contributed by atoms with Crippen LogP contribution in [0.3, 0.4) is 0 Å². The van der Waals surface area contributed by atoms with Crippen LogP contribution in [0.15, 0.2) is 29.7 Å². The number of hydrogen-bond donors (Lipinski definition) is 2. The van der Waals surface area contributed by atoms with Gasteiger partial charge in [-0.1, -0.05) is 12.1 Å². The largest absolute Gasteiger partial charge is 0.387 e. The molecule has 0 saturated carbocycles. The second kappa shape index (κ2) is 6.77. The molecule has 2 N–H and O–H groups in total. The molecule has 0 bridgehead atoms. The lowest BCUT2D eigenvalue weighted by atomic mass is 10.1. The Balaban J connectivity index is 0.00000192. The highest BCUT2D eigenvalue weighted by Gasteiger charge is 2.13. The van der Waals surface area contributed by atoms with Crippen LogP contribution in [0.2, 0.25) is 0 Å². The summed E-state index contributed by atoms with van der Waals surface area (Å²) in [5.74, 6) is 0. The van der Waals surface area contributed by atoms with Crippen molar-refractivity contribution in [1.29, 1.82) is 0 Å². The lowest BCUT2D eigenvalue weighted by molar-refractivity contribution is 0.234. The summed E-state index contributed by atoms with van der Waals surface area (Å²) in [5, 5.41) is 6.82. The number of likely N-dealkylation sites (N-methyl/N-ethyl adjacent to an activating group) is 1. The Hall–Kier alpha value is -1.43. The van der Waals surface area contributed by atoms with Crippen LogP contribution in [0.25, 0.3) is 16.6 Å². The van der Waals surface area contributed by atoms with Gasteiger partial charge in [0.25, 0.3) is 0 Å². The third kappa shape index (κ3) is 3.48. The molecular formula is C17H26N4S. The van der Waals surface area contributed by atoms with Gasteiger partial charge in [-0.05, 0) is 43.4 Å². The molecule has 22 heavy (non-hydrogen) atoms. The van der Waals surface area contributed by atoms with E-state index in [1.54, 1.807) is 0 Å². The summed E-state index contributed by atoms with van der Waals surface area (Å²) in [6.07, 6.45) is 0. The van der Waals surface area contributed by atoms with Crippen molar-refractivity contribution in [3.63, 3.8) is 0 Å². The Bertz CT molecular complexity index is 674. The predicted octanol–water partition coefficient (Wildman–Crippen LogP) is 3.14.